The van der Waals surface area contributed by atoms with Crippen LogP contribution in [0.3, 0.4) is 0 Å². The first-order chi connectivity index (χ1) is 15.5. The molecule has 0 bridgehead atoms. The van der Waals surface area contributed by atoms with Gasteiger partial charge in [0.2, 0.25) is 0 Å². The van der Waals surface area contributed by atoms with Crippen molar-refractivity contribution in [3.05, 3.63) is 98.5 Å². The van der Waals surface area contributed by atoms with Crippen molar-refractivity contribution in [2.45, 2.75) is 13.2 Å². The number of piperazine rings is 1. The zero-order chi connectivity index (χ0) is 22.5. The smallest absolute Gasteiger partial charge is 0.253 e. The van der Waals surface area contributed by atoms with Gasteiger partial charge in [0.15, 0.2) is 0 Å². The quantitative estimate of drug-likeness (QED) is 0.414. The maximum Gasteiger partial charge on any atom is 0.253 e. The molecule has 3 aromatic carbocycles. The Kier molecular flexibility index (Phi) is 7.59. The fourth-order valence-electron chi connectivity index (χ4n) is 3.68. The van der Waals surface area contributed by atoms with Crippen LogP contribution in [0.2, 0.25) is 15.1 Å². The van der Waals surface area contributed by atoms with Crippen LogP contribution < -0.4 is 4.74 Å². The molecular weight excluding hydrogens is 467 g/mol. The molecule has 1 fully saturated rings. The Morgan fingerprint density at radius 2 is 1.56 bits per heavy atom. The number of hydrogen-bond acceptors (Lipinski definition) is 3. The van der Waals surface area contributed by atoms with Gasteiger partial charge in [0, 0.05) is 43.3 Å². The summed E-state index contributed by atoms with van der Waals surface area (Å²) < 4.78 is 5.81. The van der Waals surface area contributed by atoms with E-state index in [2.05, 4.69) is 4.90 Å². The fourth-order valence-corrected chi connectivity index (χ4v) is 4.13. The van der Waals surface area contributed by atoms with Crippen LogP contribution in [0.5, 0.6) is 5.75 Å². The Morgan fingerprint density at radius 1 is 0.812 bits per heavy atom. The third-order valence-electron chi connectivity index (χ3n) is 5.44. The number of halogens is 3. The number of ether oxygens (including phenoxy) is 1. The van der Waals surface area contributed by atoms with Crippen LogP contribution in [0.1, 0.15) is 21.5 Å². The van der Waals surface area contributed by atoms with E-state index in [0.29, 0.717) is 40.3 Å². The van der Waals surface area contributed by atoms with Crippen LogP contribution >= 0.6 is 34.8 Å². The molecule has 0 saturated carbocycles. The second kappa shape index (κ2) is 10.6. The zero-order valence-electron chi connectivity index (χ0n) is 17.4. The maximum atomic E-state index is 13.0. The summed E-state index contributed by atoms with van der Waals surface area (Å²) in [6.45, 7) is 4.17. The number of carbonyl (C=O) groups is 1. The van der Waals surface area contributed by atoms with Crippen molar-refractivity contribution >= 4 is 40.7 Å². The van der Waals surface area contributed by atoms with Gasteiger partial charge in [-0.25, -0.2) is 0 Å². The van der Waals surface area contributed by atoms with Crippen molar-refractivity contribution in [3.63, 3.8) is 0 Å². The molecule has 166 valence electrons. The first kappa shape index (κ1) is 22.9. The molecule has 4 rings (SSSR count). The molecule has 1 saturated heterocycles. The number of rotatable bonds is 6. The van der Waals surface area contributed by atoms with Gasteiger partial charge in [-0.1, -0.05) is 53.0 Å². The maximum absolute atomic E-state index is 13.0. The van der Waals surface area contributed by atoms with Crippen molar-refractivity contribution in [1.82, 2.24) is 9.80 Å². The van der Waals surface area contributed by atoms with E-state index in [-0.39, 0.29) is 5.91 Å². The predicted molar refractivity (Wildman–Crippen MR) is 130 cm³/mol. The van der Waals surface area contributed by atoms with E-state index in [0.717, 1.165) is 36.5 Å². The lowest BCUT2D eigenvalue weighted by Crippen LogP contribution is -2.48. The summed E-state index contributed by atoms with van der Waals surface area (Å²) >= 11 is 18.0. The van der Waals surface area contributed by atoms with E-state index < -0.39 is 0 Å². The fraction of sp³-hybridized carbons (Fsp3) is 0.240. The van der Waals surface area contributed by atoms with Crippen molar-refractivity contribution in [2.75, 3.05) is 26.2 Å². The van der Waals surface area contributed by atoms with E-state index >= 15 is 0 Å². The molecule has 0 radical (unpaired) electrons. The topological polar surface area (TPSA) is 32.8 Å². The Morgan fingerprint density at radius 3 is 2.28 bits per heavy atom. The number of hydrogen-bond donors (Lipinski definition) is 0. The van der Waals surface area contributed by atoms with Crippen LogP contribution in [0.4, 0.5) is 0 Å². The molecule has 1 aliphatic heterocycles. The minimum Gasteiger partial charge on any atom is -0.489 e. The van der Waals surface area contributed by atoms with Crippen LogP contribution in [0.25, 0.3) is 0 Å². The lowest BCUT2D eigenvalue weighted by molar-refractivity contribution is 0.0628. The molecule has 1 heterocycles. The Bertz CT molecular complexity index is 1080. The van der Waals surface area contributed by atoms with E-state index in [4.69, 9.17) is 39.5 Å². The Balaban J connectivity index is 1.31. The molecular formula is C25H23Cl3N2O2. The van der Waals surface area contributed by atoms with Crippen LogP contribution in [0, 0.1) is 0 Å². The number of amides is 1. The van der Waals surface area contributed by atoms with Gasteiger partial charge in [0.05, 0.1) is 10.0 Å². The molecule has 32 heavy (non-hydrogen) atoms. The molecule has 0 unspecified atom stereocenters. The van der Waals surface area contributed by atoms with Crippen molar-refractivity contribution in [2.24, 2.45) is 0 Å². The zero-order valence-corrected chi connectivity index (χ0v) is 19.7. The molecule has 4 nitrogen and oxygen atoms in total. The average molecular weight is 490 g/mol. The minimum atomic E-state index is 0.0486. The molecule has 0 aliphatic carbocycles. The van der Waals surface area contributed by atoms with E-state index in [9.17, 15) is 4.79 Å². The third kappa shape index (κ3) is 5.96. The van der Waals surface area contributed by atoms with Crippen molar-refractivity contribution < 1.29 is 9.53 Å². The Hall–Kier alpha value is -2.24. The highest BCUT2D eigenvalue weighted by molar-refractivity contribution is 6.42. The summed E-state index contributed by atoms with van der Waals surface area (Å²) in [4.78, 5) is 17.3. The van der Waals surface area contributed by atoms with Crippen LogP contribution in [-0.4, -0.2) is 41.9 Å². The first-order valence-corrected chi connectivity index (χ1v) is 11.5. The van der Waals surface area contributed by atoms with Gasteiger partial charge in [-0.3, -0.25) is 9.69 Å². The van der Waals surface area contributed by atoms with Gasteiger partial charge >= 0.3 is 0 Å². The number of nitrogens with zero attached hydrogens (tertiary/aromatic N) is 2. The molecule has 1 aliphatic rings. The van der Waals surface area contributed by atoms with E-state index in [1.165, 1.54) is 0 Å². The third-order valence-corrected chi connectivity index (χ3v) is 6.43. The van der Waals surface area contributed by atoms with Crippen LogP contribution in [0.15, 0.2) is 66.7 Å². The normalized spacial score (nSPS) is 14.4. The summed E-state index contributed by atoms with van der Waals surface area (Å²) in [5, 5.41) is 1.80. The molecule has 3 aromatic rings. The van der Waals surface area contributed by atoms with E-state index in [1.54, 1.807) is 12.1 Å². The molecule has 0 N–H and O–H groups in total. The SMILES string of the molecule is O=C(c1cccc(COc2ccc(Cl)cc2)c1)N1CCN(Cc2ccc(Cl)c(Cl)c2)CC1. The standard InChI is InChI=1S/C25H23Cl3N2O2/c26-21-5-7-22(8-6-21)32-17-19-2-1-3-20(14-19)25(31)30-12-10-29(11-13-30)16-18-4-9-23(27)24(28)15-18/h1-9,14-15H,10-13,16-17H2. The Labute approximate surface area is 203 Å². The second-order valence-corrected chi connectivity index (χ2v) is 9.01. The van der Waals surface area contributed by atoms with Gasteiger partial charge in [-0.15, -0.1) is 0 Å². The van der Waals surface area contributed by atoms with Gasteiger partial charge in [-0.05, 0) is 59.7 Å². The minimum absolute atomic E-state index is 0.0486. The highest BCUT2D eigenvalue weighted by Gasteiger charge is 2.22. The lowest BCUT2D eigenvalue weighted by atomic mass is 10.1. The monoisotopic (exact) mass is 488 g/mol. The van der Waals surface area contributed by atoms with Crippen LogP contribution in [-0.2, 0) is 13.2 Å². The van der Waals surface area contributed by atoms with Gasteiger partial charge in [0.25, 0.3) is 5.91 Å². The second-order valence-electron chi connectivity index (χ2n) is 7.76. The van der Waals surface area contributed by atoms with Gasteiger partial charge in [-0.2, -0.15) is 0 Å². The van der Waals surface area contributed by atoms with E-state index in [1.807, 2.05) is 59.5 Å². The largest absolute Gasteiger partial charge is 0.489 e. The summed E-state index contributed by atoms with van der Waals surface area (Å²) in [5.41, 5.74) is 2.75. The predicted octanol–water partition coefficient (Wildman–Crippen LogP) is 6.18. The first-order valence-electron chi connectivity index (χ1n) is 10.4. The molecule has 0 spiro atoms. The summed E-state index contributed by atoms with van der Waals surface area (Å²) in [7, 11) is 0. The summed E-state index contributed by atoms with van der Waals surface area (Å²) in [6.07, 6.45) is 0. The van der Waals surface area contributed by atoms with Gasteiger partial charge < -0.3 is 9.64 Å². The average Bonchev–Trinajstić information content (AvgIpc) is 2.81. The highest BCUT2D eigenvalue weighted by Crippen LogP contribution is 2.24. The summed E-state index contributed by atoms with van der Waals surface area (Å²) in [5.74, 6) is 0.789. The summed E-state index contributed by atoms with van der Waals surface area (Å²) in [6, 6.07) is 20.6. The number of carbonyl (C=O) groups excluding carboxylic acids is 1. The van der Waals surface area contributed by atoms with Crippen molar-refractivity contribution in [1.29, 1.82) is 0 Å². The molecule has 0 aromatic heterocycles. The molecule has 7 heteroatoms. The molecule has 0 atom stereocenters. The lowest BCUT2D eigenvalue weighted by Gasteiger charge is -2.35. The highest BCUT2D eigenvalue weighted by atomic mass is 35.5. The van der Waals surface area contributed by atoms with Crippen molar-refractivity contribution in [3.8, 4) is 5.75 Å². The molecule has 1 amide bonds. The van der Waals surface area contributed by atoms with Gasteiger partial charge in [0.1, 0.15) is 12.4 Å². The number of benzene rings is 3.